The lowest BCUT2D eigenvalue weighted by Gasteiger charge is -2.17. The van der Waals surface area contributed by atoms with E-state index in [2.05, 4.69) is 20.8 Å². The Labute approximate surface area is 134 Å². The zero-order valence-corrected chi connectivity index (χ0v) is 13.9. The predicted octanol–water partition coefficient (Wildman–Crippen LogP) is 4.60. The average molecular weight is 329 g/mol. The van der Waals surface area contributed by atoms with Crippen molar-refractivity contribution in [1.29, 1.82) is 0 Å². The third-order valence-corrected chi connectivity index (χ3v) is 3.72. The summed E-state index contributed by atoms with van der Waals surface area (Å²) in [4.78, 5) is 4.43. The molecule has 0 aliphatic heterocycles. The lowest BCUT2D eigenvalue weighted by Crippen LogP contribution is -2.11. The third-order valence-electron chi connectivity index (χ3n) is 3.15. The van der Waals surface area contributed by atoms with Crippen LogP contribution in [0.3, 0.4) is 0 Å². The molecular formula is C14H18Cl2N4O. The summed E-state index contributed by atoms with van der Waals surface area (Å²) in [6.45, 7) is 8.50. The molecular weight excluding hydrogens is 311 g/mol. The Balaban J connectivity index is 2.29. The van der Waals surface area contributed by atoms with E-state index in [1.807, 2.05) is 27.7 Å². The number of nitrogens with zero attached hydrogens (tertiary/aromatic N) is 2. The Bertz CT molecular complexity index is 623. The minimum atomic E-state index is -0.0306. The fraction of sp³-hybridized carbons (Fsp3) is 0.429. The van der Waals surface area contributed by atoms with Gasteiger partial charge < -0.3 is 15.2 Å². The van der Waals surface area contributed by atoms with Gasteiger partial charge in [-0.25, -0.2) is 4.98 Å². The number of aryl methyl sites for hydroxylation is 2. The molecule has 21 heavy (non-hydrogen) atoms. The zero-order valence-electron chi connectivity index (χ0n) is 12.4. The normalized spacial score (nSPS) is 12.3. The van der Waals surface area contributed by atoms with Crippen molar-refractivity contribution in [2.45, 2.75) is 33.7 Å². The van der Waals surface area contributed by atoms with Gasteiger partial charge in [0.05, 0.1) is 21.8 Å². The van der Waals surface area contributed by atoms with Gasteiger partial charge in [0, 0.05) is 12.1 Å². The lowest BCUT2D eigenvalue weighted by molar-refractivity contribution is 0.392. The molecule has 1 atom stereocenters. The minimum Gasteiger partial charge on any atom is -0.369 e. The molecule has 1 unspecified atom stereocenters. The highest BCUT2D eigenvalue weighted by Gasteiger charge is 2.18. The molecule has 2 heterocycles. The first kappa shape index (κ1) is 15.9. The fourth-order valence-electron chi connectivity index (χ4n) is 2.24. The fourth-order valence-corrected chi connectivity index (χ4v) is 2.72. The van der Waals surface area contributed by atoms with Crippen LogP contribution in [-0.2, 0) is 0 Å². The minimum absolute atomic E-state index is 0.0306. The highest BCUT2D eigenvalue weighted by atomic mass is 35.5. The van der Waals surface area contributed by atoms with E-state index in [1.54, 1.807) is 6.07 Å². The molecule has 0 aliphatic rings. The second-order valence-corrected chi connectivity index (χ2v) is 5.60. The molecule has 0 amide bonds. The van der Waals surface area contributed by atoms with Crippen molar-refractivity contribution in [3.05, 3.63) is 33.1 Å². The van der Waals surface area contributed by atoms with Gasteiger partial charge in [-0.15, -0.1) is 0 Å². The molecule has 7 heteroatoms. The molecule has 0 radical (unpaired) electrons. The molecule has 0 spiro atoms. The van der Waals surface area contributed by atoms with Crippen molar-refractivity contribution in [2.75, 3.05) is 17.2 Å². The van der Waals surface area contributed by atoms with Crippen LogP contribution >= 0.6 is 23.2 Å². The van der Waals surface area contributed by atoms with Gasteiger partial charge >= 0.3 is 0 Å². The molecule has 0 saturated heterocycles. The van der Waals surface area contributed by atoms with Gasteiger partial charge in [0.2, 0.25) is 0 Å². The summed E-state index contributed by atoms with van der Waals surface area (Å²) in [6.07, 6.45) is 0. The van der Waals surface area contributed by atoms with Gasteiger partial charge in [-0.1, -0.05) is 28.4 Å². The summed E-state index contributed by atoms with van der Waals surface area (Å²) in [7, 11) is 0. The lowest BCUT2D eigenvalue weighted by atomic mass is 10.1. The topological polar surface area (TPSA) is 63.0 Å². The van der Waals surface area contributed by atoms with Crippen molar-refractivity contribution in [3.8, 4) is 0 Å². The van der Waals surface area contributed by atoms with Crippen LogP contribution in [0.5, 0.6) is 0 Å². The highest BCUT2D eigenvalue weighted by Crippen LogP contribution is 2.32. The largest absolute Gasteiger partial charge is 0.369 e. The van der Waals surface area contributed by atoms with Gasteiger partial charge in [-0.3, -0.25) is 0 Å². The quantitative estimate of drug-likeness (QED) is 0.839. The summed E-state index contributed by atoms with van der Waals surface area (Å²) in [5.74, 6) is 1.96. The van der Waals surface area contributed by atoms with Gasteiger partial charge in [0.15, 0.2) is 0 Å². The number of halogens is 2. The van der Waals surface area contributed by atoms with Crippen LogP contribution in [0.1, 0.15) is 36.9 Å². The molecule has 0 aliphatic carbocycles. The summed E-state index contributed by atoms with van der Waals surface area (Å²) in [5, 5.41) is 11.3. The molecule has 5 nitrogen and oxygen atoms in total. The van der Waals surface area contributed by atoms with Crippen LogP contribution in [0.4, 0.5) is 11.6 Å². The first-order chi connectivity index (χ1) is 9.93. The van der Waals surface area contributed by atoms with Crippen molar-refractivity contribution < 1.29 is 4.52 Å². The SMILES string of the molecule is CCNc1nc(NC(C)c2c(C)noc2C)c(Cl)cc1Cl. The van der Waals surface area contributed by atoms with Crippen molar-refractivity contribution in [1.82, 2.24) is 10.1 Å². The molecule has 2 N–H and O–H groups in total. The third kappa shape index (κ3) is 3.41. The Kier molecular flexibility index (Phi) is 4.96. The monoisotopic (exact) mass is 328 g/mol. The van der Waals surface area contributed by atoms with Crippen molar-refractivity contribution >= 4 is 34.8 Å². The van der Waals surface area contributed by atoms with Crippen LogP contribution in [0.15, 0.2) is 10.6 Å². The zero-order chi connectivity index (χ0) is 15.6. The summed E-state index contributed by atoms with van der Waals surface area (Å²) in [5.41, 5.74) is 1.86. The Hall–Kier alpha value is -1.46. The predicted molar refractivity (Wildman–Crippen MR) is 86.4 cm³/mol. The van der Waals surface area contributed by atoms with E-state index >= 15 is 0 Å². The second-order valence-electron chi connectivity index (χ2n) is 4.78. The number of nitrogens with one attached hydrogen (secondary N) is 2. The average Bonchev–Trinajstić information content (AvgIpc) is 2.75. The van der Waals surface area contributed by atoms with E-state index in [0.29, 0.717) is 21.7 Å². The molecule has 2 rings (SSSR count). The Morgan fingerprint density at radius 3 is 2.48 bits per heavy atom. The van der Waals surface area contributed by atoms with Crippen LogP contribution in [0.2, 0.25) is 10.0 Å². The molecule has 2 aromatic rings. The molecule has 0 bridgehead atoms. The number of hydrogen-bond acceptors (Lipinski definition) is 5. The van der Waals surface area contributed by atoms with Crippen LogP contribution < -0.4 is 10.6 Å². The summed E-state index contributed by atoms with van der Waals surface area (Å²) < 4.78 is 5.19. The smallest absolute Gasteiger partial charge is 0.147 e. The number of pyridine rings is 1. The van der Waals surface area contributed by atoms with E-state index in [-0.39, 0.29) is 6.04 Å². The van der Waals surface area contributed by atoms with Crippen molar-refractivity contribution in [3.63, 3.8) is 0 Å². The first-order valence-electron chi connectivity index (χ1n) is 6.73. The van der Waals surface area contributed by atoms with Crippen molar-refractivity contribution in [2.24, 2.45) is 0 Å². The van der Waals surface area contributed by atoms with Crippen LogP contribution in [0, 0.1) is 13.8 Å². The van der Waals surface area contributed by atoms with E-state index in [0.717, 1.165) is 23.6 Å². The van der Waals surface area contributed by atoms with Gasteiger partial charge in [0.1, 0.15) is 17.4 Å². The molecule has 2 aromatic heterocycles. The Morgan fingerprint density at radius 2 is 1.90 bits per heavy atom. The molecule has 0 fully saturated rings. The maximum Gasteiger partial charge on any atom is 0.147 e. The van der Waals surface area contributed by atoms with E-state index in [9.17, 15) is 0 Å². The number of hydrogen-bond donors (Lipinski definition) is 2. The standard InChI is InChI=1S/C14H18Cl2N4O/c1-5-17-13-10(15)6-11(16)14(19-13)18-7(2)12-8(3)20-21-9(12)4/h6-7H,5H2,1-4H3,(H2,17,18,19). The van der Waals surface area contributed by atoms with E-state index in [4.69, 9.17) is 27.7 Å². The molecule has 0 aromatic carbocycles. The van der Waals surface area contributed by atoms with Crippen LogP contribution in [0.25, 0.3) is 0 Å². The maximum absolute atomic E-state index is 6.21. The summed E-state index contributed by atoms with van der Waals surface area (Å²) >= 11 is 12.3. The Morgan fingerprint density at radius 1 is 1.24 bits per heavy atom. The van der Waals surface area contributed by atoms with E-state index in [1.165, 1.54) is 0 Å². The maximum atomic E-state index is 6.21. The number of rotatable bonds is 5. The van der Waals surface area contributed by atoms with Crippen LogP contribution in [-0.4, -0.2) is 16.7 Å². The molecule has 114 valence electrons. The highest BCUT2D eigenvalue weighted by molar-refractivity contribution is 6.37. The number of anilines is 2. The van der Waals surface area contributed by atoms with Gasteiger partial charge in [0.25, 0.3) is 0 Å². The van der Waals surface area contributed by atoms with Gasteiger partial charge in [-0.2, -0.15) is 0 Å². The van der Waals surface area contributed by atoms with E-state index < -0.39 is 0 Å². The molecule has 0 saturated carbocycles. The first-order valence-corrected chi connectivity index (χ1v) is 7.48. The summed E-state index contributed by atoms with van der Waals surface area (Å²) in [6, 6.07) is 1.65. The van der Waals surface area contributed by atoms with Gasteiger partial charge in [-0.05, 0) is 33.8 Å². The number of aromatic nitrogens is 2. The second kappa shape index (κ2) is 6.54.